The molecule has 1 aromatic carbocycles. The maximum absolute atomic E-state index is 12.6. The summed E-state index contributed by atoms with van der Waals surface area (Å²) in [5.74, 6) is -0.464. The molecule has 1 N–H and O–H groups in total. The van der Waals surface area contributed by atoms with Crippen molar-refractivity contribution in [3.8, 4) is 0 Å². The number of fused-ring (bicyclic) bond motifs is 6. The van der Waals surface area contributed by atoms with Gasteiger partial charge in [0.15, 0.2) is 5.13 Å². The zero-order valence-corrected chi connectivity index (χ0v) is 15.7. The third-order valence-electron chi connectivity index (χ3n) is 5.91. The Bertz CT molecular complexity index is 981. The topological polar surface area (TPSA) is 79.4 Å². The molecule has 2 heterocycles. The molecule has 1 aromatic heterocycles. The number of nitrogens with zero attached hydrogens (tertiary/aromatic N) is 2. The van der Waals surface area contributed by atoms with Crippen molar-refractivity contribution in [2.75, 3.05) is 11.9 Å². The second-order valence-corrected chi connectivity index (χ2v) is 8.65. The van der Waals surface area contributed by atoms with Crippen LogP contribution in [0.4, 0.5) is 5.13 Å². The highest BCUT2D eigenvalue weighted by Gasteiger charge is 2.58. The second kappa shape index (κ2) is 5.99. The molecule has 4 atom stereocenters. The lowest BCUT2D eigenvalue weighted by atomic mass is 9.85. The molecule has 5 rings (SSSR count). The summed E-state index contributed by atoms with van der Waals surface area (Å²) in [4.78, 5) is 43.3. The summed E-state index contributed by atoms with van der Waals surface area (Å²) < 4.78 is 1.02. The molecule has 3 aliphatic rings. The number of amides is 3. The monoisotopic (exact) mass is 381 g/mol. The highest BCUT2D eigenvalue weighted by Crippen LogP contribution is 2.52. The van der Waals surface area contributed by atoms with Crippen LogP contribution < -0.4 is 5.32 Å². The average Bonchev–Trinajstić information content (AvgIpc) is 3.37. The number of benzene rings is 1. The number of anilines is 1. The number of carbonyl (C=O) groups excluding carboxylic acids is 3. The van der Waals surface area contributed by atoms with Gasteiger partial charge in [0.1, 0.15) is 0 Å². The van der Waals surface area contributed by atoms with Crippen molar-refractivity contribution < 1.29 is 14.4 Å². The Hall–Kier alpha value is -2.54. The molecular formula is C20H19N3O3S. The number of imide groups is 1. The van der Waals surface area contributed by atoms with Crippen LogP contribution in [-0.4, -0.2) is 34.2 Å². The molecule has 0 radical (unpaired) electrons. The molecule has 2 aliphatic carbocycles. The number of aryl methyl sites for hydroxylation is 1. The molecule has 6 nitrogen and oxygen atoms in total. The lowest BCUT2D eigenvalue weighted by Gasteiger charge is -2.16. The summed E-state index contributed by atoms with van der Waals surface area (Å²) in [6.45, 7) is 2.15. The zero-order chi connectivity index (χ0) is 18.7. The van der Waals surface area contributed by atoms with Gasteiger partial charge >= 0.3 is 0 Å². The van der Waals surface area contributed by atoms with E-state index in [2.05, 4.69) is 22.5 Å². The average molecular weight is 381 g/mol. The van der Waals surface area contributed by atoms with Gasteiger partial charge in [0.25, 0.3) is 0 Å². The first-order valence-corrected chi connectivity index (χ1v) is 10.0. The summed E-state index contributed by atoms with van der Waals surface area (Å²) in [6.07, 6.45) is 5.15. The Balaban J connectivity index is 1.23. The molecule has 0 spiro atoms. The summed E-state index contributed by atoms with van der Waals surface area (Å²) in [6, 6.07) is 5.95. The first-order valence-electron chi connectivity index (χ1n) is 9.22. The van der Waals surface area contributed by atoms with Crippen LogP contribution in [0.25, 0.3) is 10.2 Å². The van der Waals surface area contributed by atoms with Crippen LogP contribution in [0.1, 0.15) is 18.4 Å². The van der Waals surface area contributed by atoms with E-state index in [1.54, 1.807) is 0 Å². The van der Waals surface area contributed by atoms with Gasteiger partial charge in [0.2, 0.25) is 17.7 Å². The Morgan fingerprint density at radius 2 is 1.93 bits per heavy atom. The van der Waals surface area contributed by atoms with Crippen molar-refractivity contribution in [2.24, 2.45) is 23.7 Å². The van der Waals surface area contributed by atoms with Crippen molar-refractivity contribution in [1.29, 1.82) is 0 Å². The van der Waals surface area contributed by atoms with Crippen molar-refractivity contribution in [1.82, 2.24) is 9.88 Å². The third kappa shape index (κ3) is 2.60. The molecular weight excluding hydrogens is 362 g/mol. The van der Waals surface area contributed by atoms with Crippen molar-refractivity contribution in [3.05, 3.63) is 35.9 Å². The van der Waals surface area contributed by atoms with Gasteiger partial charge in [-0.25, -0.2) is 4.98 Å². The van der Waals surface area contributed by atoms with Crippen LogP contribution in [-0.2, 0) is 14.4 Å². The Labute approximate surface area is 160 Å². The van der Waals surface area contributed by atoms with Gasteiger partial charge in [-0.05, 0) is 42.9 Å². The Kier molecular flexibility index (Phi) is 3.69. The molecule has 1 saturated carbocycles. The molecule has 2 fully saturated rings. The molecule has 1 saturated heterocycles. The van der Waals surface area contributed by atoms with Gasteiger partial charge in [0, 0.05) is 13.0 Å². The van der Waals surface area contributed by atoms with E-state index in [0.29, 0.717) is 5.13 Å². The molecule has 1 aliphatic heterocycles. The van der Waals surface area contributed by atoms with Crippen molar-refractivity contribution >= 4 is 44.4 Å². The second-order valence-electron chi connectivity index (χ2n) is 7.62. The fourth-order valence-electron chi connectivity index (χ4n) is 4.66. The first-order chi connectivity index (χ1) is 13.0. The predicted octanol–water partition coefficient (Wildman–Crippen LogP) is 2.74. The number of likely N-dealkylation sites (tertiary alicyclic amines) is 1. The van der Waals surface area contributed by atoms with E-state index in [0.717, 1.165) is 22.2 Å². The van der Waals surface area contributed by atoms with E-state index in [1.807, 2.05) is 25.1 Å². The minimum atomic E-state index is -0.232. The van der Waals surface area contributed by atoms with Crippen LogP contribution in [0.15, 0.2) is 30.4 Å². The maximum atomic E-state index is 12.6. The van der Waals surface area contributed by atoms with Gasteiger partial charge in [-0.2, -0.15) is 0 Å². The SMILES string of the molecule is Cc1ccc2nc(NC(=O)CCN3C(=O)C4C5C=CC(C5)C4C3=O)sc2c1. The fourth-order valence-corrected chi connectivity index (χ4v) is 5.65. The minimum absolute atomic E-state index is 0.0919. The van der Waals surface area contributed by atoms with Gasteiger partial charge in [-0.15, -0.1) is 0 Å². The molecule has 138 valence electrons. The van der Waals surface area contributed by atoms with E-state index in [9.17, 15) is 14.4 Å². The summed E-state index contributed by atoms with van der Waals surface area (Å²) >= 11 is 1.42. The van der Waals surface area contributed by atoms with E-state index < -0.39 is 0 Å². The lowest BCUT2D eigenvalue weighted by molar-refractivity contribution is -0.140. The molecule has 4 unspecified atom stereocenters. The number of carbonyl (C=O) groups is 3. The standard InChI is InChI=1S/C20H19N3O3S/c1-10-2-5-13-14(8-10)27-20(21-13)22-15(24)6-7-23-18(25)16-11-3-4-12(9-11)17(16)19(23)26/h2-5,8,11-12,16-17H,6-7,9H2,1H3,(H,21,22,24). The van der Waals surface area contributed by atoms with E-state index in [1.165, 1.54) is 16.2 Å². The fraction of sp³-hybridized carbons (Fsp3) is 0.400. The first kappa shape index (κ1) is 16.6. The highest BCUT2D eigenvalue weighted by atomic mass is 32.1. The normalized spacial score (nSPS) is 28.4. The molecule has 2 aromatic rings. The third-order valence-corrected chi connectivity index (χ3v) is 6.85. The van der Waals surface area contributed by atoms with Crippen LogP contribution in [0.3, 0.4) is 0 Å². The minimum Gasteiger partial charge on any atom is -0.302 e. The van der Waals surface area contributed by atoms with Gasteiger partial charge in [-0.3, -0.25) is 19.3 Å². The van der Waals surface area contributed by atoms with Crippen LogP contribution in [0, 0.1) is 30.6 Å². The van der Waals surface area contributed by atoms with Crippen molar-refractivity contribution in [3.63, 3.8) is 0 Å². The van der Waals surface area contributed by atoms with E-state index >= 15 is 0 Å². The van der Waals surface area contributed by atoms with Gasteiger partial charge in [0.05, 0.1) is 22.1 Å². The number of hydrogen-bond donors (Lipinski definition) is 1. The lowest BCUT2D eigenvalue weighted by Crippen LogP contribution is -2.35. The van der Waals surface area contributed by atoms with Crippen molar-refractivity contribution in [2.45, 2.75) is 19.8 Å². The number of hydrogen-bond acceptors (Lipinski definition) is 5. The summed E-state index contributed by atoms with van der Waals surface area (Å²) in [5.41, 5.74) is 1.99. The number of rotatable bonds is 4. The largest absolute Gasteiger partial charge is 0.302 e. The molecule has 7 heteroatoms. The van der Waals surface area contributed by atoms with Gasteiger partial charge in [-0.1, -0.05) is 29.6 Å². The quantitative estimate of drug-likeness (QED) is 0.652. The molecule has 3 amide bonds. The number of aromatic nitrogens is 1. The van der Waals surface area contributed by atoms with Crippen LogP contribution in [0.2, 0.25) is 0 Å². The van der Waals surface area contributed by atoms with E-state index in [4.69, 9.17) is 0 Å². The molecule has 27 heavy (non-hydrogen) atoms. The Morgan fingerprint density at radius 1 is 1.22 bits per heavy atom. The van der Waals surface area contributed by atoms with Crippen LogP contribution >= 0.6 is 11.3 Å². The Morgan fingerprint density at radius 3 is 2.63 bits per heavy atom. The summed E-state index contributed by atoms with van der Waals surface area (Å²) in [5, 5.41) is 3.33. The maximum Gasteiger partial charge on any atom is 0.233 e. The van der Waals surface area contributed by atoms with Crippen LogP contribution in [0.5, 0.6) is 0 Å². The van der Waals surface area contributed by atoms with E-state index in [-0.39, 0.29) is 54.4 Å². The number of allylic oxidation sites excluding steroid dienone is 2. The smallest absolute Gasteiger partial charge is 0.233 e. The highest BCUT2D eigenvalue weighted by molar-refractivity contribution is 7.22. The summed E-state index contributed by atoms with van der Waals surface area (Å²) in [7, 11) is 0. The zero-order valence-electron chi connectivity index (χ0n) is 14.8. The predicted molar refractivity (Wildman–Crippen MR) is 102 cm³/mol. The van der Waals surface area contributed by atoms with Gasteiger partial charge < -0.3 is 5.32 Å². The number of thiazole rings is 1. The molecule has 2 bridgehead atoms. The number of nitrogens with one attached hydrogen (secondary N) is 1.